The van der Waals surface area contributed by atoms with Gasteiger partial charge < -0.3 is 0 Å². The number of rotatable bonds is 7. The number of nitrogens with two attached hydrogens (primary N) is 2. The normalized spacial score (nSPS) is 9.93. The van der Waals surface area contributed by atoms with Crippen molar-refractivity contribution in [3.05, 3.63) is 33.4 Å². The molecular formula is C20H20N8S2+2. The molecule has 0 aliphatic carbocycles. The fourth-order valence-corrected chi connectivity index (χ4v) is 5.11. The predicted octanol–water partition coefficient (Wildman–Crippen LogP) is 1.98. The highest BCUT2D eigenvalue weighted by molar-refractivity contribution is 8.02. The molecule has 2 aromatic heterocycles. The zero-order valence-corrected chi connectivity index (χ0v) is 18.2. The minimum atomic E-state index is 0.246. The first kappa shape index (κ1) is 22.8. The molecule has 0 unspecified atom stereocenters. The van der Waals surface area contributed by atoms with Gasteiger partial charge in [0.05, 0.1) is 0 Å². The Kier molecular flexibility index (Phi) is 7.90. The number of anilines is 2. The molecule has 30 heavy (non-hydrogen) atoms. The number of aromatic nitrogens is 2. The second-order valence-corrected chi connectivity index (χ2v) is 8.25. The Balaban J connectivity index is 2.23. The minimum absolute atomic E-state index is 0.246. The first-order valence-electron chi connectivity index (χ1n) is 9.08. The minimum Gasteiger partial charge on any atom is -0.286 e. The van der Waals surface area contributed by atoms with Gasteiger partial charge in [-0.2, -0.15) is 21.0 Å². The van der Waals surface area contributed by atoms with E-state index in [0.717, 1.165) is 0 Å². The summed E-state index contributed by atoms with van der Waals surface area (Å²) >= 11 is 2.84. The van der Waals surface area contributed by atoms with Crippen molar-refractivity contribution in [2.75, 3.05) is 23.0 Å². The van der Waals surface area contributed by atoms with E-state index >= 15 is 0 Å². The first-order valence-corrected chi connectivity index (χ1v) is 11.0. The summed E-state index contributed by atoms with van der Waals surface area (Å²) in [5.41, 5.74) is 14.7. The number of nitriles is 4. The maximum Gasteiger partial charge on any atom is 0.289 e. The highest BCUT2D eigenvalue weighted by atomic mass is 32.2. The van der Waals surface area contributed by atoms with Gasteiger partial charge in [-0.15, -0.1) is 0 Å². The van der Waals surface area contributed by atoms with Gasteiger partial charge in [0.15, 0.2) is 10.1 Å². The molecule has 0 amide bonds. The number of nitrogens with zero attached hydrogens (tertiary/aromatic N) is 4. The molecule has 0 saturated heterocycles. The van der Waals surface area contributed by atoms with Crippen LogP contribution < -0.4 is 21.4 Å². The molecule has 0 spiro atoms. The Bertz CT molecular complexity index is 1050. The highest BCUT2D eigenvalue weighted by Crippen LogP contribution is 2.29. The molecule has 8 nitrogen and oxygen atoms in total. The van der Waals surface area contributed by atoms with Crippen LogP contribution in [0.15, 0.2) is 10.1 Å². The van der Waals surface area contributed by atoms with Crippen molar-refractivity contribution in [2.45, 2.75) is 36.7 Å². The Labute approximate surface area is 183 Å². The van der Waals surface area contributed by atoms with Gasteiger partial charge in [-0.25, -0.2) is 9.97 Å². The molecule has 2 rings (SSSR count). The van der Waals surface area contributed by atoms with E-state index < -0.39 is 0 Å². The first-order chi connectivity index (χ1) is 14.5. The summed E-state index contributed by atoms with van der Waals surface area (Å²) in [6.07, 6.45) is 1.05. The van der Waals surface area contributed by atoms with Crippen LogP contribution in [0.2, 0.25) is 0 Å². The van der Waals surface area contributed by atoms with Gasteiger partial charge in [0.1, 0.15) is 46.5 Å². The van der Waals surface area contributed by atoms with Crippen LogP contribution in [0.25, 0.3) is 0 Å². The number of hydrogen-bond acceptors (Lipinski definition) is 8. The van der Waals surface area contributed by atoms with Gasteiger partial charge in [-0.05, 0) is 12.8 Å². The van der Waals surface area contributed by atoms with Gasteiger partial charge in [0, 0.05) is 22.6 Å². The van der Waals surface area contributed by atoms with Crippen LogP contribution in [-0.2, 0) is 12.8 Å². The Morgan fingerprint density at radius 3 is 1.27 bits per heavy atom. The maximum atomic E-state index is 9.56. The van der Waals surface area contributed by atoms with E-state index in [1.807, 2.05) is 13.8 Å². The van der Waals surface area contributed by atoms with Crippen LogP contribution in [0.5, 0.6) is 0 Å². The fraction of sp³-hybridized carbons (Fsp3) is 0.300. The second-order valence-electron chi connectivity index (χ2n) is 6.04. The molecule has 0 fully saturated rings. The van der Waals surface area contributed by atoms with Gasteiger partial charge in [0.2, 0.25) is 0 Å². The molecule has 2 aromatic rings. The van der Waals surface area contributed by atoms with Gasteiger partial charge in [0.25, 0.3) is 11.6 Å². The molecule has 6 N–H and O–H groups in total. The summed E-state index contributed by atoms with van der Waals surface area (Å²) in [7, 11) is 0. The number of thioether (sulfide) groups is 2. The number of pyridine rings is 2. The van der Waals surface area contributed by atoms with Crippen molar-refractivity contribution in [3.63, 3.8) is 0 Å². The zero-order chi connectivity index (χ0) is 22.3. The van der Waals surface area contributed by atoms with Crippen LogP contribution in [0.1, 0.15) is 47.2 Å². The maximum absolute atomic E-state index is 9.56. The lowest BCUT2D eigenvalue weighted by molar-refractivity contribution is -0.411. The topological polar surface area (TPSA) is 175 Å². The van der Waals surface area contributed by atoms with Crippen molar-refractivity contribution >= 4 is 35.2 Å². The lowest BCUT2D eigenvalue weighted by Crippen LogP contribution is -2.20. The molecular weight excluding hydrogens is 416 g/mol. The molecule has 0 radical (unpaired) electrons. The summed E-state index contributed by atoms with van der Waals surface area (Å²) in [5.74, 6) is 1.72. The third-order valence-electron chi connectivity index (χ3n) is 4.43. The van der Waals surface area contributed by atoms with E-state index in [1.54, 1.807) is 0 Å². The van der Waals surface area contributed by atoms with Crippen LogP contribution in [0.4, 0.5) is 11.6 Å². The molecule has 0 aliphatic rings. The standard InChI is InChI=1S/C20H18N8S2/c1-3-11-13(7-21)17(25)27-19(15(11)9-23)29-5-6-30-20-16(10-24)12(4-2)14(8-22)18(26)28-20/h3-6H2,1-2H3,(H2,25,27)(H2,26,28)/p+2. The lowest BCUT2D eigenvalue weighted by Gasteiger charge is -2.09. The fourth-order valence-electron chi connectivity index (χ4n) is 3.05. The van der Waals surface area contributed by atoms with Crippen molar-refractivity contribution in [1.82, 2.24) is 0 Å². The predicted molar refractivity (Wildman–Crippen MR) is 114 cm³/mol. The van der Waals surface area contributed by atoms with E-state index in [4.69, 9.17) is 11.5 Å². The monoisotopic (exact) mass is 436 g/mol. The SMILES string of the molecule is CCc1c(C#N)c(N)[nH+]c(SCCSc2[nH+]c(N)c(C#N)c(CC)c2C#N)c1C#N. The van der Waals surface area contributed by atoms with Gasteiger partial charge in [-0.1, -0.05) is 37.4 Å². The van der Waals surface area contributed by atoms with Crippen molar-refractivity contribution in [2.24, 2.45) is 0 Å². The van der Waals surface area contributed by atoms with Gasteiger partial charge >= 0.3 is 0 Å². The molecule has 0 atom stereocenters. The number of aromatic amines is 2. The summed E-state index contributed by atoms with van der Waals surface area (Å²) in [5, 5.41) is 39.0. The molecule has 2 heterocycles. The average Bonchev–Trinajstić information content (AvgIpc) is 2.75. The quantitative estimate of drug-likeness (QED) is 0.489. The Hall–Kier alpha value is -3.44. The van der Waals surface area contributed by atoms with Crippen LogP contribution in [0, 0.1) is 45.3 Å². The van der Waals surface area contributed by atoms with E-state index in [0.29, 0.717) is 67.8 Å². The third-order valence-corrected chi connectivity index (χ3v) is 6.69. The number of H-pyrrole nitrogens is 2. The Morgan fingerprint density at radius 1 is 0.667 bits per heavy atom. The van der Waals surface area contributed by atoms with E-state index in [2.05, 4.69) is 34.2 Å². The Morgan fingerprint density at radius 2 is 1.00 bits per heavy atom. The number of hydrogen-bond donors (Lipinski definition) is 2. The largest absolute Gasteiger partial charge is 0.289 e. The summed E-state index contributed by atoms with van der Waals surface area (Å²) in [6.45, 7) is 3.75. The molecule has 0 saturated carbocycles. The molecule has 0 bridgehead atoms. The zero-order valence-electron chi connectivity index (χ0n) is 16.6. The van der Waals surface area contributed by atoms with Crippen LogP contribution in [-0.4, -0.2) is 11.5 Å². The van der Waals surface area contributed by atoms with Gasteiger partial charge in [-0.3, -0.25) is 11.5 Å². The van der Waals surface area contributed by atoms with Crippen LogP contribution in [0.3, 0.4) is 0 Å². The summed E-state index contributed by atoms with van der Waals surface area (Å²) < 4.78 is 0. The van der Waals surface area contributed by atoms with Crippen molar-refractivity contribution in [3.8, 4) is 24.3 Å². The van der Waals surface area contributed by atoms with E-state index in [9.17, 15) is 21.0 Å². The van der Waals surface area contributed by atoms with Crippen LogP contribution >= 0.6 is 23.5 Å². The van der Waals surface area contributed by atoms with E-state index in [1.165, 1.54) is 23.5 Å². The lowest BCUT2D eigenvalue weighted by atomic mass is 10.0. The van der Waals surface area contributed by atoms with Crippen molar-refractivity contribution in [1.29, 1.82) is 21.0 Å². The average molecular weight is 437 g/mol. The summed E-state index contributed by atoms with van der Waals surface area (Å²) in [6, 6.07) is 8.44. The molecule has 150 valence electrons. The third kappa shape index (κ3) is 4.42. The second kappa shape index (κ2) is 10.4. The molecule has 0 aliphatic heterocycles. The smallest absolute Gasteiger partial charge is 0.286 e. The molecule has 0 aromatic carbocycles. The summed E-state index contributed by atoms with van der Waals surface area (Å²) in [4.78, 5) is 5.91. The number of nitrogens with one attached hydrogen (secondary N) is 2. The number of nitrogen functional groups attached to an aromatic ring is 2. The highest BCUT2D eigenvalue weighted by Gasteiger charge is 2.23. The van der Waals surface area contributed by atoms with Crippen molar-refractivity contribution < 1.29 is 9.97 Å². The molecule has 10 heteroatoms. The van der Waals surface area contributed by atoms with E-state index in [-0.39, 0.29) is 11.6 Å².